The van der Waals surface area contributed by atoms with Gasteiger partial charge in [-0.1, -0.05) is 64.1 Å². The van der Waals surface area contributed by atoms with Crippen LogP contribution in [0.3, 0.4) is 0 Å². The maximum atomic E-state index is 6.35. The number of rotatable bonds is 7. The Morgan fingerprint density at radius 3 is 1.00 bits per heavy atom. The van der Waals surface area contributed by atoms with Crippen molar-refractivity contribution in [2.45, 2.75) is 69.2 Å². The summed E-state index contributed by atoms with van der Waals surface area (Å²) in [5.74, 6) is 2.84. The molecule has 8 heteroatoms. The molecule has 4 rings (SSSR count). The molecule has 0 saturated heterocycles. The van der Waals surface area contributed by atoms with Crippen LogP contribution < -0.4 is 72.2 Å². The van der Waals surface area contributed by atoms with Crippen molar-refractivity contribution in [1.29, 1.82) is 0 Å². The number of hydrogen-bond acceptors (Lipinski definition) is 3. The summed E-state index contributed by atoms with van der Waals surface area (Å²) in [6.45, 7) is 22.1. The molecule has 0 bridgehead atoms. The minimum atomic E-state index is -3.13. The monoisotopic (exact) mass is 706 g/mol. The molecular weight excluding hydrogens is 663 g/mol. The van der Waals surface area contributed by atoms with Gasteiger partial charge in [-0.15, -0.1) is 0 Å². The first-order chi connectivity index (χ1) is 18.9. The van der Waals surface area contributed by atoms with Gasteiger partial charge in [0.05, 0.1) is 21.3 Å². The SMILES string of the molecule is COc1c([Si](c2ccc(C)c(C)c2OC)(c2ccc(C)c(C)c2OC)c2c(C)c(C)c(C)[c-]2C)ccc(C)c1C.[Cl-].[Cl-].[Cl-].[Ti+4]. The standard InChI is InChI=1S/C36H45O3Si.3ClH.Ti/c1-20-14-17-30(33(37-11)23(20)4)40(36-28(9)26(7)27(8)29(36)10,31-18-15-21(2)24(5)34(31)38-12)32-19-16-22(3)25(6)35(32)39-13;;;;/h14-19H,1-13H3;3*1H;/q-1;;;;+4/p-3. The van der Waals surface area contributed by atoms with Crippen molar-refractivity contribution in [2.24, 2.45) is 0 Å². The van der Waals surface area contributed by atoms with E-state index in [1.807, 2.05) is 0 Å². The molecule has 44 heavy (non-hydrogen) atoms. The first-order valence-electron chi connectivity index (χ1n) is 14.1. The largest absolute Gasteiger partial charge is 4.00 e. The predicted molar refractivity (Wildman–Crippen MR) is 173 cm³/mol. The number of ether oxygens (including phenoxy) is 3. The van der Waals surface area contributed by atoms with Crippen molar-refractivity contribution >= 4 is 28.8 Å². The van der Waals surface area contributed by atoms with Crippen molar-refractivity contribution in [3.05, 3.63) is 92.0 Å². The molecule has 0 aromatic heterocycles. The third kappa shape index (κ3) is 6.28. The molecule has 0 amide bonds. The molecule has 0 atom stereocenters. The molecule has 0 saturated carbocycles. The van der Waals surface area contributed by atoms with Crippen molar-refractivity contribution in [2.75, 3.05) is 21.3 Å². The van der Waals surface area contributed by atoms with Gasteiger partial charge in [0.1, 0.15) is 17.2 Å². The second kappa shape index (κ2) is 16.2. The van der Waals surface area contributed by atoms with Gasteiger partial charge in [-0.3, -0.25) is 0 Å². The van der Waals surface area contributed by atoms with Gasteiger partial charge in [-0.25, -0.2) is 0 Å². The van der Waals surface area contributed by atoms with E-state index in [9.17, 15) is 0 Å². The summed E-state index contributed by atoms with van der Waals surface area (Å²) >= 11 is 0. The number of halogens is 3. The molecule has 0 N–H and O–H groups in total. The molecule has 0 radical (unpaired) electrons. The third-order valence-corrected chi connectivity index (χ3v) is 14.8. The van der Waals surface area contributed by atoms with E-state index in [-0.39, 0.29) is 58.9 Å². The zero-order chi connectivity index (χ0) is 29.7. The van der Waals surface area contributed by atoms with E-state index in [1.54, 1.807) is 21.3 Å². The van der Waals surface area contributed by atoms with Crippen LogP contribution in [0.2, 0.25) is 0 Å². The van der Waals surface area contributed by atoms with E-state index in [4.69, 9.17) is 14.2 Å². The number of methoxy groups -OCH3 is 3. The molecule has 236 valence electrons. The van der Waals surface area contributed by atoms with Gasteiger partial charge in [-0.2, -0.15) is 27.4 Å². The average molecular weight is 708 g/mol. The Morgan fingerprint density at radius 2 is 0.773 bits per heavy atom. The number of benzene rings is 3. The molecule has 4 aromatic rings. The molecule has 0 aliphatic rings. The van der Waals surface area contributed by atoms with Crippen LogP contribution >= 0.6 is 0 Å². The zero-order valence-corrected chi connectivity index (χ0v) is 33.2. The van der Waals surface area contributed by atoms with E-state index in [0.717, 1.165) is 33.9 Å². The van der Waals surface area contributed by atoms with Gasteiger partial charge in [0.15, 0.2) is 8.07 Å². The quantitative estimate of drug-likeness (QED) is 0.116. The summed E-state index contributed by atoms with van der Waals surface area (Å²) in [5.41, 5.74) is 12.5. The summed E-state index contributed by atoms with van der Waals surface area (Å²) in [6.07, 6.45) is 0. The van der Waals surface area contributed by atoms with Gasteiger partial charge in [-0.05, 0) is 90.5 Å². The maximum Gasteiger partial charge on any atom is 4.00 e. The topological polar surface area (TPSA) is 27.7 Å². The van der Waals surface area contributed by atoms with E-state index >= 15 is 0 Å². The van der Waals surface area contributed by atoms with E-state index < -0.39 is 8.07 Å². The normalized spacial score (nSPS) is 10.6. The van der Waals surface area contributed by atoms with Gasteiger partial charge in [0.25, 0.3) is 0 Å². The summed E-state index contributed by atoms with van der Waals surface area (Å²) in [4.78, 5) is 0. The fraction of sp³-hybridized carbons (Fsp3) is 0.361. The Kier molecular flexibility index (Phi) is 15.5. The summed E-state index contributed by atoms with van der Waals surface area (Å²) in [6, 6.07) is 13.7. The van der Waals surface area contributed by atoms with Crippen LogP contribution in [0.1, 0.15) is 55.6 Å². The molecular formula is C36H45Cl3O3SiTi. The van der Waals surface area contributed by atoms with Crippen molar-refractivity contribution in [3.63, 3.8) is 0 Å². The summed E-state index contributed by atoms with van der Waals surface area (Å²) < 4.78 is 19.1. The van der Waals surface area contributed by atoms with Crippen molar-refractivity contribution in [1.82, 2.24) is 0 Å². The first-order valence-corrected chi connectivity index (χ1v) is 16.1. The number of aryl methyl sites for hydroxylation is 3. The van der Waals surface area contributed by atoms with Crippen LogP contribution in [-0.4, -0.2) is 29.4 Å². The molecule has 0 fully saturated rings. The van der Waals surface area contributed by atoms with E-state index in [0.29, 0.717) is 0 Å². The third-order valence-electron chi connectivity index (χ3n) is 9.67. The first kappa shape index (κ1) is 42.2. The van der Waals surface area contributed by atoms with Crippen LogP contribution in [0.15, 0.2) is 36.4 Å². The van der Waals surface area contributed by atoms with Crippen molar-refractivity contribution < 1.29 is 73.1 Å². The van der Waals surface area contributed by atoms with Gasteiger partial charge < -0.3 is 51.4 Å². The fourth-order valence-electron chi connectivity index (χ4n) is 6.67. The van der Waals surface area contributed by atoms with Crippen LogP contribution in [-0.2, 0) is 21.7 Å². The Labute approximate surface area is 300 Å². The molecule has 0 aliphatic carbocycles. The molecule has 0 aliphatic heterocycles. The van der Waals surface area contributed by atoms with Crippen LogP contribution in [0.5, 0.6) is 17.2 Å². The van der Waals surface area contributed by atoms with Gasteiger partial charge in [0.2, 0.25) is 0 Å². The molecule has 0 spiro atoms. The van der Waals surface area contributed by atoms with Crippen LogP contribution in [0.25, 0.3) is 0 Å². The molecule has 0 heterocycles. The molecule has 4 aromatic carbocycles. The smallest absolute Gasteiger partial charge is 1.00 e. The Morgan fingerprint density at radius 1 is 0.477 bits per heavy atom. The van der Waals surface area contributed by atoms with Crippen molar-refractivity contribution in [3.8, 4) is 17.2 Å². The average Bonchev–Trinajstić information content (AvgIpc) is 3.13. The van der Waals surface area contributed by atoms with Gasteiger partial charge >= 0.3 is 21.7 Å². The minimum absolute atomic E-state index is 0. The fourth-order valence-corrected chi connectivity index (χ4v) is 12.7. The summed E-state index contributed by atoms with van der Waals surface area (Å²) in [7, 11) is 2.29. The maximum absolute atomic E-state index is 6.35. The molecule has 0 unspecified atom stereocenters. The molecule has 3 nitrogen and oxygen atoms in total. The van der Waals surface area contributed by atoms with Gasteiger partial charge in [0, 0.05) is 0 Å². The summed E-state index contributed by atoms with van der Waals surface area (Å²) in [5, 5.41) is 5.05. The second-order valence-corrected chi connectivity index (χ2v) is 15.0. The zero-order valence-electron chi connectivity index (χ0n) is 28.3. The minimum Gasteiger partial charge on any atom is -1.00 e. The van der Waals surface area contributed by atoms with Crippen LogP contribution in [0.4, 0.5) is 0 Å². The van der Waals surface area contributed by atoms with E-state index in [2.05, 4.69) is 106 Å². The van der Waals surface area contributed by atoms with Crippen LogP contribution in [0, 0.1) is 69.2 Å². The predicted octanol–water partition coefficient (Wildman–Crippen LogP) is -3.10. The number of hydrogen-bond donors (Lipinski definition) is 0. The Balaban J connectivity index is 0.00000462. The Bertz CT molecular complexity index is 1460. The Hall–Kier alpha value is -1.79. The second-order valence-electron chi connectivity index (χ2n) is 11.4. The van der Waals surface area contributed by atoms with E-state index in [1.165, 1.54) is 59.7 Å².